The van der Waals surface area contributed by atoms with E-state index in [0.717, 1.165) is 38.4 Å². The highest BCUT2D eigenvalue weighted by molar-refractivity contribution is 5.74. The van der Waals surface area contributed by atoms with E-state index in [0.29, 0.717) is 5.82 Å². The van der Waals surface area contributed by atoms with Crippen LogP contribution in [-0.2, 0) is 0 Å². The molecule has 0 aliphatic carbocycles. The summed E-state index contributed by atoms with van der Waals surface area (Å²) in [6, 6.07) is 9.29. The summed E-state index contributed by atoms with van der Waals surface area (Å²) in [7, 11) is 0. The molecule has 2 heterocycles. The van der Waals surface area contributed by atoms with Crippen LogP contribution in [0.4, 0.5) is 23.0 Å². The van der Waals surface area contributed by atoms with Gasteiger partial charge in [0, 0.05) is 31.9 Å². The van der Waals surface area contributed by atoms with Gasteiger partial charge in [0.25, 0.3) is 0 Å². The van der Waals surface area contributed by atoms with E-state index in [4.69, 9.17) is 0 Å². The van der Waals surface area contributed by atoms with Crippen LogP contribution in [0.5, 0.6) is 0 Å². The van der Waals surface area contributed by atoms with E-state index in [1.165, 1.54) is 6.33 Å². The van der Waals surface area contributed by atoms with Crippen LogP contribution in [-0.4, -0.2) is 52.5 Å². The van der Waals surface area contributed by atoms with Crippen LogP contribution in [0.1, 0.15) is 6.92 Å². The summed E-state index contributed by atoms with van der Waals surface area (Å²) in [5.74, 6) is 0.596. The van der Waals surface area contributed by atoms with E-state index in [9.17, 15) is 10.1 Å². The Kier molecular flexibility index (Phi) is 4.85. The molecule has 1 saturated heterocycles. The molecule has 8 heteroatoms. The number of hydrogen-bond acceptors (Lipinski definition) is 7. The van der Waals surface area contributed by atoms with Gasteiger partial charge in [0.2, 0.25) is 11.6 Å². The molecule has 0 bridgehead atoms. The minimum atomic E-state index is -0.410. The fraction of sp³-hybridized carbons (Fsp3) is 0.375. The van der Waals surface area contributed by atoms with Crippen LogP contribution >= 0.6 is 0 Å². The summed E-state index contributed by atoms with van der Waals surface area (Å²) in [5, 5.41) is 14.7. The third-order valence-corrected chi connectivity index (χ3v) is 4.14. The molecule has 0 spiro atoms. The maximum atomic E-state index is 11.6. The van der Waals surface area contributed by atoms with Gasteiger partial charge in [-0.3, -0.25) is 10.1 Å². The second-order valence-electron chi connectivity index (χ2n) is 5.56. The van der Waals surface area contributed by atoms with E-state index in [-0.39, 0.29) is 11.5 Å². The Labute approximate surface area is 140 Å². The lowest BCUT2D eigenvalue weighted by Gasteiger charge is -2.34. The highest BCUT2D eigenvalue weighted by Gasteiger charge is 2.29. The Morgan fingerprint density at radius 1 is 1.17 bits per heavy atom. The number of likely N-dealkylation sites (N-methyl/N-ethyl adjacent to an activating group) is 1. The highest BCUT2D eigenvalue weighted by atomic mass is 16.6. The summed E-state index contributed by atoms with van der Waals surface area (Å²) in [6.45, 7) is 6.29. The molecule has 0 atom stereocenters. The topological polar surface area (TPSA) is 87.4 Å². The molecule has 1 fully saturated rings. The molecule has 126 valence electrons. The number of nitrogens with zero attached hydrogens (tertiary/aromatic N) is 5. The first kappa shape index (κ1) is 16.1. The number of para-hydroxylation sites is 1. The number of aromatic nitrogens is 2. The van der Waals surface area contributed by atoms with Gasteiger partial charge >= 0.3 is 5.69 Å². The van der Waals surface area contributed by atoms with Crippen LogP contribution in [0.25, 0.3) is 0 Å². The smallest absolute Gasteiger partial charge is 0.348 e. The molecule has 1 aromatic carbocycles. The molecule has 3 rings (SSSR count). The van der Waals surface area contributed by atoms with Crippen molar-refractivity contribution in [2.75, 3.05) is 42.9 Å². The Bertz CT molecular complexity index is 701. The molecule has 0 unspecified atom stereocenters. The van der Waals surface area contributed by atoms with Crippen LogP contribution in [0.3, 0.4) is 0 Å². The first-order chi connectivity index (χ1) is 11.7. The summed E-state index contributed by atoms with van der Waals surface area (Å²) in [5.41, 5.74) is 0.673. The highest BCUT2D eigenvalue weighted by Crippen LogP contribution is 2.33. The maximum absolute atomic E-state index is 11.6. The van der Waals surface area contributed by atoms with Gasteiger partial charge in [0.1, 0.15) is 6.33 Å². The summed E-state index contributed by atoms with van der Waals surface area (Å²) < 4.78 is 0. The molecular formula is C16H20N6O2. The van der Waals surface area contributed by atoms with Crippen molar-refractivity contribution in [1.29, 1.82) is 0 Å². The summed E-state index contributed by atoms with van der Waals surface area (Å²) in [6.07, 6.45) is 1.37. The molecule has 1 aliphatic rings. The average molecular weight is 328 g/mol. The van der Waals surface area contributed by atoms with E-state index in [1.54, 1.807) is 0 Å². The van der Waals surface area contributed by atoms with Gasteiger partial charge in [-0.15, -0.1) is 0 Å². The van der Waals surface area contributed by atoms with Crippen molar-refractivity contribution in [3.63, 3.8) is 0 Å². The molecule has 2 aromatic rings. The fourth-order valence-corrected chi connectivity index (χ4v) is 2.79. The number of piperazine rings is 1. The zero-order valence-electron chi connectivity index (χ0n) is 13.6. The SMILES string of the molecule is CCN1CCN(c2ncnc(Nc3ccccc3)c2[N+](=O)[O-])CC1. The molecule has 1 N–H and O–H groups in total. The number of anilines is 3. The van der Waals surface area contributed by atoms with Crippen molar-refractivity contribution < 1.29 is 4.92 Å². The van der Waals surface area contributed by atoms with Gasteiger partial charge in [0.15, 0.2) is 0 Å². The number of nitrogens with one attached hydrogen (secondary N) is 1. The molecule has 1 aliphatic heterocycles. The molecule has 0 radical (unpaired) electrons. The van der Waals surface area contributed by atoms with Crippen molar-refractivity contribution in [2.24, 2.45) is 0 Å². The van der Waals surface area contributed by atoms with Gasteiger partial charge in [-0.2, -0.15) is 0 Å². The normalized spacial score (nSPS) is 15.3. The number of nitro groups is 1. The van der Waals surface area contributed by atoms with E-state index in [2.05, 4.69) is 27.1 Å². The number of hydrogen-bond donors (Lipinski definition) is 1. The number of rotatable bonds is 5. The second-order valence-corrected chi connectivity index (χ2v) is 5.56. The van der Waals surface area contributed by atoms with Crippen LogP contribution < -0.4 is 10.2 Å². The van der Waals surface area contributed by atoms with Crippen molar-refractivity contribution in [1.82, 2.24) is 14.9 Å². The van der Waals surface area contributed by atoms with Crippen LogP contribution in [0.2, 0.25) is 0 Å². The lowest BCUT2D eigenvalue weighted by atomic mass is 10.2. The second kappa shape index (κ2) is 7.22. The third-order valence-electron chi connectivity index (χ3n) is 4.14. The minimum absolute atomic E-state index is 0.0775. The van der Waals surface area contributed by atoms with E-state index < -0.39 is 4.92 Å². The molecule has 0 saturated carbocycles. The minimum Gasteiger partial charge on any atom is -0.348 e. The van der Waals surface area contributed by atoms with Gasteiger partial charge in [-0.25, -0.2) is 9.97 Å². The third kappa shape index (κ3) is 3.43. The molecule has 1 aromatic heterocycles. The van der Waals surface area contributed by atoms with Crippen molar-refractivity contribution in [2.45, 2.75) is 6.92 Å². The first-order valence-corrected chi connectivity index (χ1v) is 7.97. The Morgan fingerprint density at radius 3 is 2.50 bits per heavy atom. The van der Waals surface area contributed by atoms with Gasteiger partial charge < -0.3 is 15.1 Å². The monoisotopic (exact) mass is 328 g/mol. The molecule has 8 nitrogen and oxygen atoms in total. The lowest BCUT2D eigenvalue weighted by molar-refractivity contribution is -0.383. The van der Waals surface area contributed by atoms with Gasteiger partial charge in [-0.1, -0.05) is 25.1 Å². The Morgan fingerprint density at radius 2 is 1.88 bits per heavy atom. The number of benzene rings is 1. The van der Waals surface area contributed by atoms with Gasteiger partial charge in [0.05, 0.1) is 4.92 Å². The van der Waals surface area contributed by atoms with Crippen LogP contribution in [0.15, 0.2) is 36.7 Å². The lowest BCUT2D eigenvalue weighted by Crippen LogP contribution is -2.46. The Hall–Kier alpha value is -2.74. The maximum Gasteiger partial charge on any atom is 0.353 e. The standard InChI is InChI=1S/C16H20N6O2/c1-2-20-8-10-21(11-9-20)16-14(22(23)24)15(17-12-18-16)19-13-6-4-3-5-7-13/h3-7,12H,2,8-11H2,1H3,(H,17,18,19). The fourth-order valence-electron chi connectivity index (χ4n) is 2.79. The van der Waals surface area contributed by atoms with Gasteiger partial charge in [-0.05, 0) is 18.7 Å². The zero-order chi connectivity index (χ0) is 16.9. The van der Waals surface area contributed by atoms with Crippen molar-refractivity contribution in [3.8, 4) is 0 Å². The first-order valence-electron chi connectivity index (χ1n) is 7.97. The molecule has 24 heavy (non-hydrogen) atoms. The largest absolute Gasteiger partial charge is 0.353 e. The zero-order valence-corrected chi connectivity index (χ0v) is 13.6. The molecular weight excluding hydrogens is 308 g/mol. The summed E-state index contributed by atoms with van der Waals surface area (Å²) in [4.78, 5) is 23.8. The Balaban J connectivity index is 1.90. The van der Waals surface area contributed by atoms with Crippen molar-refractivity contribution >= 4 is 23.0 Å². The predicted molar refractivity (Wildman–Crippen MR) is 92.7 cm³/mol. The van der Waals surface area contributed by atoms with E-state index in [1.807, 2.05) is 35.2 Å². The van der Waals surface area contributed by atoms with Crippen LogP contribution in [0, 0.1) is 10.1 Å². The molecule has 0 amide bonds. The van der Waals surface area contributed by atoms with E-state index >= 15 is 0 Å². The average Bonchev–Trinajstić information content (AvgIpc) is 2.62. The quantitative estimate of drug-likeness (QED) is 0.665. The summed E-state index contributed by atoms with van der Waals surface area (Å²) >= 11 is 0. The van der Waals surface area contributed by atoms with Crippen molar-refractivity contribution in [3.05, 3.63) is 46.8 Å². The predicted octanol–water partition coefficient (Wildman–Crippen LogP) is 2.27.